The number of halogens is 2. The lowest BCUT2D eigenvalue weighted by Crippen LogP contribution is -2.32. The summed E-state index contributed by atoms with van der Waals surface area (Å²) >= 11 is 12.0. The fourth-order valence-corrected chi connectivity index (χ4v) is 2.59. The van der Waals surface area contributed by atoms with Crippen LogP contribution in [-0.2, 0) is 10.3 Å². The Morgan fingerprint density at radius 2 is 2.16 bits per heavy atom. The van der Waals surface area contributed by atoms with Gasteiger partial charge in [-0.05, 0) is 19.1 Å². The highest BCUT2D eigenvalue weighted by molar-refractivity contribution is 6.35. The van der Waals surface area contributed by atoms with Gasteiger partial charge in [-0.25, -0.2) is 4.98 Å². The first kappa shape index (κ1) is 14.3. The Morgan fingerprint density at radius 3 is 2.68 bits per heavy atom. The SMILES string of the molecule is COC(c1ncn[nH]1)C(C)(O)c1ccc(Cl)cc1Cl. The Bertz CT molecular complexity index is 558. The average molecular weight is 302 g/mol. The van der Waals surface area contributed by atoms with Gasteiger partial charge in [0, 0.05) is 22.7 Å². The number of hydrogen-bond acceptors (Lipinski definition) is 4. The van der Waals surface area contributed by atoms with E-state index >= 15 is 0 Å². The number of rotatable bonds is 4. The summed E-state index contributed by atoms with van der Waals surface area (Å²) in [6.07, 6.45) is 0.620. The lowest BCUT2D eigenvalue weighted by molar-refractivity contribution is -0.0934. The van der Waals surface area contributed by atoms with Crippen molar-refractivity contribution >= 4 is 23.2 Å². The molecular weight excluding hydrogens is 289 g/mol. The number of H-pyrrole nitrogens is 1. The molecule has 2 unspecified atom stereocenters. The summed E-state index contributed by atoms with van der Waals surface area (Å²) < 4.78 is 5.32. The van der Waals surface area contributed by atoms with E-state index in [1.165, 1.54) is 13.4 Å². The van der Waals surface area contributed by atoms with Crippen molar-refractivity contribution in [2.45, 2.75) is 18.6 Å². The van der Waals surface area contributed by atoms with Gasteiger partial charge in [0.25, 0.3) is 0 Å². The van der Waals surface area contributed by atoms with Gasteiger partial charge in [-0.2, -0.15) is 5.10 Å². The Hall–Kier alpha value is -1.14. The summed E-state index contributed by atoms with van der Waals surface area (Å²) in [6.45, 7) is 1.60. The molecule has 2 aromatic rings. The van der Waals surface area contributed by atoms with Gasteiger partial charge in [0.1, 0.15) is 18.0 Å². The standard InChI is InChI=1S/C12H13Cl2N3O2/c1-12(18,8-4-3-7(13)5-9(8)14)10(19-2)11-15-6-16-17-11/h3-6,10,18H,1-2H3,(H,15,16,17). The Balaban J connectivity index is 2.45. The van der Waals surface area contributed by atoms with Gasteiger partial charge in [0.05, 0.1) is 0 Å². The number of aliphatic hydroxyl groups is 1. The van der Waals surface area contributed by atoms with Crippen LogP contribution >= 0.6 is 23.2 Å². The second-order valence-corrected chi connectivity index (χ2v) is 5.10. The molecule has 0 amide bonds. The molecule has 0 aliphatic carbocycles. The van der Waals surface area contributed by atoms with E-state index in [1.54, 1.807) is 25.1 Å². The number of aromatic amines is 1. The van der Waals surface area contributed by atoms with Gasteiger partial charge in [-0.1, -0.05) is 29.3 Å². The lowest BCUT2D eigenvalue weighted by atomic mass is 9.89. The van der Waals surface area contributed by atoms with Gasteiger partial charge < -0.3 is 9.84 Å². The molecule has 1 heterocycles. The summed E-state index contributed by atoms with van der Waals surface area (Å²) in [5.41, 5.74) is -0.877. The monoisotopic (exact) mass is 301 g/mol. The van der Waals surface area contributed by atoms with Crippen molar-refractivity contribution in [3.05, 3.63) is 46.0 Å². The lowest BCUT2D eigenvalue weighted by Gasteiger charge is -2.31. The fraction of sp³-hybridized carbons (Fsp3) is 0.333. The first-order valence-electron chi connectivity index (χ1n) is 5.52. The molecule has 0 saturated carbocycles. The molecule has 102 valence electrons. The zero-order valence-electron chi connectivity index (χ0n) is 10.4. The van der Waals surface area contributed by atoms with Crippen molar-refractivity contribution in [1.29, 1.82) is 0 Å². The summed E-state index contributed by atoms with van der Waals surface area (Å²) in [4.78, 5) is 4.01. The second-order valence-electron chi connectivity index (χ2n) is 4.26. The van der Waals surface area contributed by atoms with Gasteiger partial charge in [0.2, 0.25) is 0 Å². The van der Waals surface area contributed by atoms with Gasteiger partial charge in [-0.3, -0.25) is 5.10 Å². The van der Waals surface area contributed by atoms with Gasteiger partial charge >= 0.3 is 0 Å². The van der Waals surface area contributed by atoms with E-state index in [0.29, 0.717) is 21.4 Å². The molecule has 0 radical (unpaired) electrons. The Morgan fingerprint density at radius 1 is 1.42 bits per heavy atom. The number of aromatic nitrogens is 3. The molecular formula is C12H13Cl2N3O2. The summed E-state index contributed by atoms with van der Waals surface area (Å²) in [5.74, 6) is 0.415. The predicted molar refractivity (Wildman–Crippen MR) is 72.2 cm³/mol. The van der Waals surface area contributed by atoms with Crippen LogP contribution in [0.4, 0.5) is 0 Å². The first-order chi connectivity index (χ1) is 8.96. The first-order valence-corrected chi connectivity index (χ1v) is 6.28. The molecule has 0 saturated heterocycles. The highest BCUT2D eigenvalue weighted by atomic mass is 35.5. The van der Waals surface area contributed by atoms with Crippen molar-refractivity contribution in [2.24, 2.45) is 0 Å². The van der Waals surface area contributed by atoms with Gasteiger partial charge in [0.15, 0.2) is 5.82 Å². The summed E-state index contributed by atoms with van der Waals surface area (Å²) in [6, 6.07) is 4.89. The van der Waals surface area contributed by atoms with Crippen LogP contribution in [0.1, 0.15) is 24.4 Å². The topological polar surface area (TPSA) is 71.0 Å². The van der Waals surface area contributed by atoms with Crippen molar-refractivity contribution in [3.63, 3.8) is 0 Å². The molecule has 7 heteroatoms. The molecule has 0 aliphatic rings. The van der Waals surface area contributed by atoms with Crippen LogP contribution in [0.5, 0.6) is 0 Å². The predicted octanol–water partition coefficient (Wildman–Crippen LogP) is 2.71. The molecule has 0 aliphatic heterocycles. The van der Waals surface area contributed by atoms with E-state index in [4.69, 9.17) is 27.9 Å². The minimum atomic E-state index is -1.38. The smallest absolute Gasteiger partial charge is 0.156 e. The number of nitrogens with zero attached hydrogens (tertiary/aromatic N) is 2. The Kier molecular flexibility index (Phi) is 4.10. The summed E-state index contributed by atoms with van der Waals surface area (Å²) in [7, 11) is 1.48. The van der Waals surface area contributed by atoms with E-state index in [1.807, 2.05) is 0 Å². The van der Waals surface area contributed by atoms with Crippen molar-refractivity contribution in [1.82, 2.24) is 15.2 Å². The third-order valence-electron chi connectivity index (χ3n) is 2.90. The maximum atomic E-state index is 10.7. The Labute approximate surface area is 120 Å². The number of ether oxygens (including phenoxy) is 1. The van der Waals surface area contributed by atoms with Crippen LogP contribution in [0.2, 0.25) is 10.0 Å². The fourth-order valence-electron chi connectivity index (χ4n) is 1.99. The highest BCUT2D eigenvalue weighted by Crippen LogP contribution is 2.39. The molecule has 0 fully saturated rings. The van der Waals surface area contributed by atoms with Crippen molar-refractivity contribution in [2.75, 3.05) is 7.11 Å². The third-order valence-corrected chi connectivity index (χ3v) is 3.45. The van der Waals surface area contributed by atoms with Crippen LogP contribution in [0.15, 0.2) is 24.5 Å². The van der Waals surface area contributed by atoms with E-state index in [0.717, 1.165) is 0 Å². The normalized spacial score (nSPS) is 16.1. The molecule has 1 aromatic carbocycles. The molecule has 2 atom stereocenters. The minimum absolute atomic E-state index is 0.360. The number of methoxy groups -OCH3 is 1. The van der Waals surface area contributed by atoms with Crippen molar-refractivity contribution in [3.8, 4) is 0 Å². The number of nitrogens with one attached hydrogen (secondary N) is 1. The maximum absolute atomic E-state index is 10.7. The second kappa shape index (κ2) is 5.46. The molecule has 5 nitrogen and oxygen atoms in total. The molecule has 19 heavy (non-hydrogen) atoms. The van der Waals surface area contributed by atoms with Crippen LogP contribution in [0.25, 0.3) is 0 Å². The van der Waals surface area contributed by atoms with Crippen LogP contribution < -0.4 is 0 Å². The zero-order chi connectivity index (χ0) is 14.0. The van der Waals surface area contributed by atoms with Crippen LogP contribution in [0, 0.1) is 0 Å². The minimum Gasteiger partial charge on any atom is -0.382 e. The van der Waals surface area contributed by atoms with E-state index in [-0.39, 0.29) is 0 Å². The quantitative estimate of drug-likeness (QED) is 0.911. The van der Waals surface area contributed by atoms with E-state index in [2.05, 4.69) is 15.2 Å². The van der Waals surface area contributed by atoms with E-state index in [9.17, 15) is 5.11 Å². The maximum Gasteiger partial charge on any atom is 0.156 e. The van der Waals surface area contributed by atoms with E-state index < -0.39 is 11.7 Å². The van der Waals surface area contributed by atoms with Crippen molar-refractivity contribution < 1.29 is 9.84 Å². The molecule has 0 spiro atoms. The summed E-state index contributed by atoms with van der Waals surface area (Å²) in [5, 5.41) is 18.0. The third kappa shape index (κ3) is 2.74. The highest BCUT2D eigenvalue weighted by Gasteiger charge is 2.38. The average Bonchev–Trinajstić information content (AvgIpc) is 2.82. The number of hydrogen-bond donors (Lipinski definition) is 2. The largest absolute Gasteiger partial charge is 0.382 e. The number of benzene rings is 1. The van der Waals surface area contributed by atoms with Gasteiger partial charge in [-0.15, -0.1) is 0 Å². The van der Waals surface area contributed by atoms with Crippen LogP contribution in [-0.4, -0.2) is 27.4 Å². The molecule has 2 rings (SSSR count). The van der Waals surface area contributed by atoms with Crippen LogP contribution in [0.3, 0.4) is 0 Å². The molecule has 1 aromatic heterocycles. The molecule has 0 bridgehead atoms. The zero-order valence-corrected chi connectivity index (χ0v) is 11.9. The molecule has 2 N–H and O–H groups in total.